The number of hydrogen-bond acceptors (Lipinski definition) is 3. The highest BCUT2D eigenvalue weighted by Crippen LogP contribution is 2.13. The Balaban J connectivity index is 1.85. The molecule has 0 aromatic carbocycles. The zero-order valence-electron chi connectivity index (χ0n) is 12.2. The first-order valence-corrected chi connectivity index (χ1v) is 6.54. The van der Waals surface area contributed by atoms with Crippen molar-refractivity contribution in [2.45, 2.75) is 33.4 Å². The maximum Gasteiger partial charge on any atom is 0.315 e. The third kappa shape index (κ3) is 3.40. The van der Waals surface area contributed by atoms with Crippen molar-refractivity contribution in [3.63, 3.8) is 0 Å². The summed E-state index contributed by atoms with van der Waals surface area (Å²) in [4.78, 5) is 11.8. The Morgan fingerprint density at radius 2 is 2.25 bits per heavy atom. The van der Waals surface area contributed by atoms with E-state index in [2.05, 4.69) is 15.7 Å². The lowest BCUT2D eigenvalue weighted by molar-refractivity contribution is 0.237. The molecule has 0 saturated carbocycles. The van der Waals surface area contributed by atoms with Gasteiger partial charge in [0.25, 0.3) is 0 Å². The Labute approximate surface area is 118 Å². The molecule has 0 fully saturated rings. The Morgan fingerprint density at radius 1 is 1.50 bits per heavy atom. The van der Waals surface area contributed by atoms with E-state index in [1.54, 1.807) is 10.9 Å². The summed E-state index contributed by atoms with van der Waals surface area (Å²) in [6.45, 7) is 6.15. The van der Waals surface area contributed by atoms with Crippen molar-refractivity contribution in [2.75, 3.05) is 0 Å². The van der Waals surface area contributed by atoms with Crippen LogP contribution in [0.5, 0.6) is 0 Å². The van der Waals surface area contributed by atoms with Crippen LogP contribution < -0.4 is 10.6 Å². The van der Waals surface area contributed by atoms with Gasteiger partial charge in [-0.2, -0.15) is 5.10 Å². The number of urea groups is 1. The predicted octanol–water partition coefficient (Wildman–Crippen LogP) is 2.19. The third-order valence-electron chi connectivity index (χ3n) is 3.16. The van der Waals surface area contributed by atoms with Gasteiger partial charge >= 0.3 is 6.03 Å². The van der Waals surface area contributed by atoms with E-state index in [1.807, 2.05) is 40.1 Å². The molecule has 0 aliphatic carbocycles. The summed E-state index contributed by atoms with van der Waals surface area (Å²) in [6, 6.07) is 1.63. The minimum absolute atomic E-state index is 0.0871. The lowest BCUT2D eigenvalue weighted by atomic mass is 10.2. The van der Waals surface area contributed by atoms with Crippen LogP contribution >= 0.6 is 0 Å². The van der Waals surface area contributed by atoms with Crippen LogP contribution in [-0.2, 0) is 13.6 Å². The standard InChI is InChI=1S/C14H20N4O2/c1-9-5-12(11(3)20-9)6-15-14(19)17-10(2)13-7-16-18(4)8-13/h5,7-8,10H,6H2,1-4H3,(H2,15,17,19)/t10-/m0/s1. The second-order valence-corrected chi connectivity index (χ2v) is 4.93. The average Bonchev–Trinajstić information content (AvgIpc) is 2.93. The molecule has 2 aromatic rings. The van der Waals surface area contributed by atoms with Gasteiger partial charge in [-0.25, -0.2) is 4.79 Å². The molecular weight excluding hydrogens is 256 g/mol. The van der Waals surface area contributed by atoms with Crippen LogP contribution in [0.1, 0.15) is 35.6 Å². The largest absolute Gasteiger partial charge is 0.466 e. The third-order valence-corrected chi connectivity index (χ3v) is 3.16. The van der Waals surface area contributed by atoms with E-state index in [-0.39, 0.29) is 12.1 Å². The molecule has 0 unspecified atom stereocenters. The Bertz CT molecular complexity index is 600. The smallest absolute Gasteiger partial charge is 0.315 e. The fraction of sp³-hybridized carbons (Fsp3) is 0.429. The zero-order valence-corrected chi connectivity index (χ0v) is 12.2. The quantitative estimate of drug-likeness (QED) is 0.899. The number of rotatable bonds is 4. The van der Waals surface area contributed by atoms with E-state index in [0.29, 0.717) is 6.54 Å². The second kappa shape index (κ2) is 5.81. The van der Waals surface area contributed by atoms with Crippen molar-refractivity contribution >= 4 is 6.03 Å². The van der Waals surface area contributed by atoms with Gasteiger partial charge in [-0.15, -0.1) is 0 Å². The zero-order chi connectivity index (χ0) is 14.7. The summed E-state index contributed by atoms with van der Waals surface area (Å²) in [5.41, 5.74) is 1.96. The fourth-order valence-electron chi connectivity index (χ4n) is 2.03. The van der Waals surface area contributed by atoms with Gasteiger partial charge in [0.1, 0.15) is 11.5 Å². The fourth-order valence-corrected chi connectivity index (χ4v) is 2.03. The molecule has 2 rings (SSSR count). The number of aryl methyl sites for hydroxylation is 3. The molecule has 108 valence electrons. The normalized spacial score (nSPS) is 12.2. The Kier molecular flexibility index (Phi) is 4.12. The highest BCUT2D eigenvalue weighted by atomic mass is 16.3. The molecule has 6 heteroatoms. The molecule has 2 amide bonds. The molecule has 1 atom stereocenters. The van der Waals surface area contributed by atoms with Crippen LogP contribution in [0.2, 0.25) is 0 Å². The van der Waals surface area contributed by atoms with Gasteiger partial charge in [0, 0.05) is 30.9 Å². The Hall–Kier alpha value is -2.24. The van der Waals surface area contributed by atoms with Crippen LogP contribution in [0.25, 0.3) is 0 Å². The molecule has 0 radical (unpaired) electrons. The van der Waals surface area contributed by atoms with Crippen LogP contribution in [-0.4, -0.2) is 15.8 Å². The Morgan fingerprint density at radius 3 is 2.80 bits per heavy atom. The summed E-state index contributed by atoms with van der Waals surface area (Å²) in [5.74, 6) is 1.69. The molecule has 0 aliphatic rings. The van der Waals surface area contributed by atoms with E-state index in [0.717, 1.165) is 22.6 Å². The highest BCUT2D eigenvalue weighted by Gasteiger charge is 2.11. The van der Waals surface area contributed by atoms with E-state index in [4.69, 9.17) is 4.42 Å². The van der Waals surface area contributed by atoms with E-state index in [1.165, 1.54) is 0 Å². The minimum atomic E-state index is -0.209. The summed E-state index contributed by atoms with van der Waals surface area (Å²) >= 11 is 0. The number of furan rings is 1. The summed E-state index contributed by atoms with van der Waals surface area (Å²) in [7, 11) is 1.85. The predicted molar refractivity (Wildman–Crippen MR) is 75.2 cm³/mol. The van der Waals surface area contributed by atoms with Gasteiger partial charge < -0.3 is 15.1 Å². The van der Waals surface area contributed by atoms with Crippen molar-refractivity contribution < 1.29 is 9.21 Å². The maximum atomic E-state index is 11.8. The van der Waals surface area contributed by atoms with Gasteiger partial charge in [0.15, 0.2) is 0 Å². The lowest BCUT2D eigenvalue weighted by Crippen LogP contribution is -2.36. The maximum absolute atomic E-state index is 11.8. The molecule has 2 heterocycles. The first-order valence-electron chi connectivity index (χ1n) is 6.54. The molecule has 20 heavy (non-hydrogen) atoms. The van der Waals surface area contributed by atoms with Gasteiger partial charge in [0.05, 0.1) is 12.2 Å². The topological polar surface area (TPSA) is 72.1 Å². The number of carbonyl (C=O) groups is 1. The summed E-state index contributed by atoms with van der Waals surface area (Å²) in [6.07, 6.45) is 3.63. The molecule has 6 nitrogen and oxygen atoms in total. The first kappa shape index (κ1) is 14.2. The van der Waals surface area contributed by atoms with Gasteiger partial charge in [-0.05, 0) is 26.8 Å². The number of hydrogen-bond donors (Lipinski definition) is 2. The van der Waals surface area contributed by atoms with Crippen LogP contribution in [0, 0.1) is 13.8 Å². The van der Waals surface area contributed by atoms with Crippen molar-refractivity contribution in [2.24, 2.45) is 7.05 Å². The first-order chi connectivity index (χ1) is 9.45. The van der Waals surface area contributed by atoms with Crippen LogP contribution in [0.3, 0.4) is 0 Å². The molecular formula is C14H20N4O2. The van der Waals surface area contributed by atoms with Crippen molar-refractivity contribution in [1.82, 2.24) is 20.4 Å². The number of nitrogens with one attached hydrogen (secondary N) is 2. The van der Waals surface area contributed by atoms with Crippen molar-refractivity contribution in [1.29, 1.82) is 0 Å². The average molecular weight is 276 g/mol. The molecule has 0 saturated heterocycles. The molecule has 0 aliphatic heterocycles. The molecule has 2 N–H and O–H groups in total. The van der Waals surface area contributed by atoms with E-state index in [9.17, 15) is 4.79 Å². The van der Waals surface area contributed by atoms with Crippen molar-refractivity contribution in [3.05, 3.63) is 41.1 Å². The van der Waals surface area contributed by atoms with Gasteiger partial charge in [0.2, 0.25) is 0 Å². The lowest BCUT2D eigenvalue weighted by Gasteiger charge is -2.12. The monoisotopic (exact) mass is 276 g/mol. The van der Waals surface area contributed by atoms with Crippen molar-refractivity contribution in [3.8, 4) is 0 Å². The molecule has 2 aromatic heterocycles. The highest BCUT2D eigenvalue weighted by molar-refractivity contribution is 5.74. The number of amides is 2. The van der Waals surface area contributed by atoms with Crippen LogP contribution in [0.4, 0.5) is 4.79 Å². The minimum Gasteiger partial charge on any atom is -0.466 e. The molecule has 0 bridgehead atoms. The van der Waals surface area contributed by atoms with Gasteiger partial charge in [-0.3, -0.25) is 4.68 Å². The summed E-state index contributed by atoms with van der Waals surface area (Å²) in [5, 5.41) is 9.78. The molecule has 0 spiro atoms. The SMILES string of the molecule is Cc1cc(CNC(=O)N[C@@H](C)c2cnn(C)c2)c(C)o1. The van der Waals surface area contributed by atoms with E-state index < -0.39 is 0 Å². The second-order valence-electron chi connectivity index (χ2n) is 4.93. The van der Waals surface area contributed by atoms with Crippen LogP contribution in [0.15, 0.2) is 22.9 Å². The number of nitrogens with zero attached hydrogens (tertiary/aromatic N) is 2. The number of carbonyl (C=O) groups excluding carboxylic acids is 1. The van der Waals surface area contributed by atoms with Gasteiger partial charge in [-0.1, -0.05) is 0 Å². The number of aromatic nitrogens is 2. The van der Waals surface area contributed by atoms with E-state index >= 15 is 0 Å². The summed E-state index contributed by atoms with van der Waals surface area (Å²) < 4.78 is 7.13.